The van der Waals surface area contributed by atoms with Gasteiger partial charge in [0.05, 0.1) is 21.2 Å². The number of thioether (sulfide) groups is 1. The fraction of sp³-hybridized carbons (Fsp3) is 0.286. The topological polar surface area (TPSA) is 71.1 Å². The quantitative estimate of drug-likeness (QED) is 0.593. The molecule has 2 heterocycles. The number of aromatic nitrogens is 1. The number of carbonyl (C=O) groups excluding carboxylic acids is 2. The summed E-state index contributed by atoms with van der Waals surface area (Å²) in [7, 11) is 0. The van der Waals surface area contributed by atoms with Crippen LogP contribution in [0.1, 0.15) is 31.7 Å². The highest BCUT2D eigenvalue weighted by molar-refractivity contribution is 8.01. The Kier molecular flexibility index (Phi) is 5.64. The number of carbonyl (C=O) groups is 2. The highest BCUT2D eigenvalue weighted by Gasteiger charge is 2.29. The number of aryl methyl sites for hydroxylation is 1. The molecule has 1 aliphatic rings. The Balaban J connectivity index is 1.41. The van der Waals surface area contributed by atoms with Crippen LogP contribution in [0.2, 0.25) is 0 Å². The van der Waals surface area contributed by atoms with Gasteiger partial charge in [-0.05, 0) is 42.7 Å². The van der Waals surface area contributed by atoms with Crippen molar-refractivity contribution in [1.29, 1.82) is 0 Å². The van der Waals surface area contributed by atoms with Crippen LogP contribution >= 0.6 is 23.1 Å². The molecule has 0 spiro atoms. The van der Waals surface area contributed by atoms with Gasteiger partial charge in [0.1, 0.15) is 0 Å². The maximum atomic E-state index is 12.5. The molecule has 5 nitrogen and oxygen atoms in total. The van der Waals surface area contributed by atoms with Gasteiger partial charge >= 0.3 is 0 Å². The number of nitrogens with zero attached hydrogens (tertiary/aromatic N) is 1. The summed E-state index contributed by atoms with van der Waals surface area (Å²) >= 11 is 2.90. The van der Waals surface area contributed by atoms with Crippen LogP contribution < -0.4 is 10.6 Å². The van der Waals surface area contributed by atoms with E-state index in [2.05, 4.69) is 34.7 Å². The number of hydrogen-bond acceptors (Lipinski definition) is 5. The fourth-order valence-corrected chi connectivity index (χ4v) is 5.18. The number of anilines is 2. The maximum absolute atomic E-state index is 12.5. The lowest BCUT2D eigenvalue weighted by atomic mass is 10.1. The van der Waals surface area contributed by atoms with Crippen molar-refractivity contribution in [2.75, 3.05) is 10.6 Å². The van der Waals surface area contributed by atoms with E-state index in [1.165, 1.54) is 35.1 Å². The van der Waals surface area contributed by atoms with Crippen LogP contribution in [-0.4, -0.2) is 22.0 Å². The first-order valence-electron chi connectivity index (χ1n) is 9.38. The average molecular weight is 412 g/mol. The molecular formula is C21H21N3O2S2. The summed E-state index contributed by atoms with van der Waals surface area (Å²) in [5, 5.41) is 5.87. The highest BCUT2D eigenvalue weighted by atomic mass is 32.2. The van der Waals surface area contributed by atoms with Crippen LogP contribution in [0.4, 0.5) is 10.8 Å². The zero-order chi connectivity index (χ0) is 19.5. The van der Waals surface area contributed by atoms with Crippen LogP contribution in [0.5, 0.6) is 0 Å². The second-order valence-electron chi connectivity index (χ2n) is 6.77. The summed E-state index contributed by atoms with van der Waals surface area (Å²) in [6, 6.07) is 13.9. The molecule has 0 bridgehead atoms. The Bertz CT molecular complexity index is 1030. The lowest BCUT2D eigenvalue weighted by Crippen LogP contribution is -2.32. The van der Waals surface area contributed by atoms with E-state index in [0.717, 1.165) is 33.6 Å². The van der Waals surface area contributed by atoms with Crippen molar-refractivity contribution in [1.82, 2.24) is 4.98 Å². The van der Waals surface area contributed by atoms with Gasteiger partial charge in [0.25, 0.3) is 0 Å². The van der Waals surface area contributed by atoms with Crippen LogP contribution in [0.15, 0.2) is 47.4 Å². The van der Waals surface area contributed by atoms with Crippen molar-refractivity contribution in [3.05, 3.63) is 48.0 Å². The van der Waals surface area contributed by atoms with Crippen molar-refractivity contribution in [3.8, 4) is 0 Å². The van der Waals surface area contributed by atoms with Gasteiger partial charge in [-0.25, -0.2) is 4.98 Å². The summed E-state index contributed by atoms with van der Waals surface area (Å²) in [6.07, 6.45) is 3.50. The monoisotopic (exact) mass is 411 g/mol. The number of amides is 2. The molecule has 1 aromatic heterocycles. The van der Waals surface area contributed by atoms with Crippen molar-refractivity contribution >= 4 is 55.9 Å². The number of hydrogen-bond donors (Lipinski definition) is 2. The summed E-state index contributed by atoms with van der Waals surface area (Å²) < 4.78 is 1.07. The SMILES string of the molecule is CCCCc1ccc2nc(NC(=O)CC3Sc4ccccc4NC3=O)sc2c1. The van der Waals surface area contributed by atoms with Crippen LogP contribution in [0, 0.1) is 0 Å². The molecule has 28 heavy (non-hydrogen) atoms. The summed E-state index contributed by atoms with van der Waals surface area (Å²) in [5.41, 5.74) is 2.99. The van der Waals surface area contributed by atoms with E-state index >= 15 is 0 Å². The van der Waals surface area contributed by atoms with Crippen LogP contribution in [0.25, 0.3) is 10.2 Å². The van der Waals surface area contributed by atoms with Crippen molar-refractivity contribution in [2.45, 2.75) is 42.8 Å². The van der Waals surface area contributed by atoms with E-state index in [0.29, 0.717) is 5.13 Å². The molecule has 7 heteroatoms. The normalized spacial score (nSPS) is 15.9. The van der Waals surface area contributed by atoms with Gasteiger partial charge in [-0.3, -0.25) is 9.59 Å². The van der Waals surface area contributed by atoms with E-state index in [1.54, 1.807) is 0 Å². The van der Waals surface area contributed by atoms with Gasteiger partial charge < -0.3 is 10.6 Å². The number of thiazole rings is 1. The maximum Gasteiger partial charge on any atom is 0.238 e. The number of rotatable bonds is 6. The Morgan fingerprint density at radius 3 is 2.96 bits per heavy atom. The van der Waals surface area contributed by atoms with E-state index < -0.39 is 5.25 Å². The zero-order valence-electron chi connectivity index (χ0n) is 15.5. The average Bonchev–Trinajstić information content (AvgIpc) is 3.08. The molecule has 144 valence electrons. The molecule has 1 atom stereocenters. The van der Waals surface area contributed by atoms with E-state index in [9.17, 15) is 9.59 Å². The van der Waals surface area contributed by atoms with Crippen LogP contribution in [-0.2, 0) is 16.0 Å². The molecule has 0 fully saturated rings. The van der Waals surface area contributed by atoms with E-state index in [4.69, 9.17) is 0 Å². The third kappa shape index (κ3) is 4.20. The molecule has 2 amide bonds. The molecule has 2 aromatic carbocycles. The first kappa shape index (κ1) is 19.0. The van der Waals surface area contributed by atoms with Gasteiger partial charge in [-0.2, -0.15) is 0 Å². The smallest absolute Gasteiger partial charge is 0.238 e. The third-order valence-electron chi connectivity index (χ3n) is 4.60. The first-order valence-corrected chi connectivity index (χ1v) is 11.1. The molecule has 2 N–H and O–H groups in total. The number of fused-ring (bicyclic) bond motifs is 2. The predicted molar refractivity (Wildman–Crippen MR) is 116 cm³/mol. The Morgan fingerprint density at radius 2 is 2.11 bits per heavy atom. The molecule has 4 rings (SSSR count). The minimum absolute atomic E-state index is 0.114. The summed E-state index contributed by atoms with van der Waals surface area (Å²) in [4.78, 5) is 30.3. The number of nitrogens with one attached hydrogen (secondary N) is 2. The standard InChI is InChI=1S/C21H21N3O2S2/c1-2-3-6-13-9-10-15-17(11-13)28-21(23-15)24-19(25)12-18-20(26)22-14-7-4-5-8-16(14)27-18/h4-5,7-11,18H,2-3,6,12H2,1H3,(H,22,26)(H,23,24,25). The van der Waals surface area contributed by atoms with E-state index in [-0.39, 0.29) is 18.2 Å². The Morgan fingerprint density at radius 1 is 1.25 bits per heavy atom. The van der Waals surface area contributed by atoms with Crippen molar-refractivity contribution in [2.24, 2.45) is 0 Å². The van der Waals surface area contributed by atoms with Gasteiger partial charge in [-0.1, -0.05) is 42.9 Å². The number of para-hydroxylation sites is 1. The van der Waals surface area contributed by atoms with Crippen LogP contribution in [0.3, 0.4) is 0 Å². The minimum atomic E-state index is -0.440. The molecule has 0 radical (unpaired) electrons. The largest absolute Gasteiger partial charge is 0.324 e. The highest BCUT2D eigenvalue weighted by Crippen LogP contribution is 2.37. The molecule has 1 unspecified atom stereocenters. The zero-order valence-corrected chi connectivity index (χ0v) is 17.2. The van der Waals surface area contributed by atoms with Gasteiger partial charge in [0.15, 0.2) is 5.13 Å². The summed E-state index contributed by atoms with van der Waals surface area (Å²) in [6.45, 7) is 2.18. The van der Waals surface area contributed by atoms with Gasteiger partial charge in [-0.15, -0.1) is 11.8 Å². The van der Waals surface area contributed by atoms with E-state index in [1.807, 2.05) is 30.3 Å². The lowest BCUT2D eigenvalue weighted by Gasteiger charge is -2.23. The first-order chi connectivity index (χ1) is 13.6. The lowest BCUT2D eigenvalue weighted by molar-refractivity contribution is -0.120. The molecular weight excluding hydrogens is 390 g/mol. The third-order valence-corrected chi connectivity index (χ3v) is 6.80. The molecule has 0 saturated carbocycles. The second-order valence-corrected chi connectivity index (χ2v) is 9.04. The molecule has 0 aliphatic carbocycles. The fourth-order valence-electron chi connectivity index (χ4n) is 3.12. The Labute approximate surface area is 171 Å². The predicted octanol–water partition coefficient (Wildman–Crippen LogP) is 5.08. The molecule has 1 aliphatic heterocycles. The van der Waals surface area contributed by atoms with Gasteiger partial charge in [0, 0.05) is 11.3 Å². The number of benzene rings is 2. The van der Waals surface area contributed by atoms with Gasteiger partial charge in [0.2, 0.25) is 11.8 Å². The molecule has 3 aromatic rings. The Hall–Kier alpha value is -2.38. The van der Waals surface area contributed by atoms with Crippen molar-refractivity contribution < 1.29 is 9.59 Å². The second kappa shape index (κ2) is 8.32. The summed E-state index contributed by atoms with van der Waals surface area (Å²) in [5.74, 6) is -0.332. The van der Waals surface area contributed by atoms with Crippen molar-refractivity contribution in [3.63, 3.8) is 0 Å². The number of unbranched alkanes of at least 4 members (excludes halogenated alkanes) is 1. The minimum Gasteiger partial charge on any atom is -0.324 e. The molecule has 0 saturated heterocycles.